The molecule has 3 aromatic rings. The Labute approximate surface area is 195 Å². The largest absolute Gasteiger partial charge is 0.351 e. The Hall–Kier alpha value is -2.97. The fourth-order valence-corrected chi connectivity index (χ4v) is 5.13. The predicted octanol–water partition coefficient (Wildman–Crippen LogP) is 4.04. The van der Waals surface area contributed by atoms with Crippen LogP contribution in [0, 0.1) is 6.92 Å². The predicted molar refractivity (Wildman–Crippen MR) is 134 cm³/mol. The lowest BCUT2D eigenvalue weighted by molar-refractivity contribution is -0.120. The van der Waals surface area contributed by atoms with Crippen molar-refractivity contribution < 1.29 is 13.2 Å². The maximum atomic E-state index is 12.7. The average Bonchev–Trinajstić information content (AvgIpc) is 2.91. The van der Waals surface area contributed by atoms with Gasteiger partial charge >= 0.3 is 0 Å². The van der Waals surface area contributed by atoms with Gasteiger partial charge in [0.2, 0.25) is 5.91 Å². The van der Waals surface area contributed by atoms with Gasteiger partial charge in [-0.1, -0.05) is 43.7 Å². The van der Waals surface area contributed by atoms with Gasteiger partial charge in [-0.25, -0.2) is 13.4 Å². The molecule has 4 rings (SSSR count). The number of nitrogens with one attached hydrogen (secondary N) is 1. The number of hydrogen-bond acceptors (Lipinski definition) is 6. The Morgan fingerprint density at radius 1 is 1.12 bits per heavy atom. The minimum absolute atomic E-state index is 0.00481. The lowest BCUT2D eigenvalue weighted by atomic mass is 10.1. The fraction of sp³-hybridized carbons (Fsp3) is 0.360. The summed E-state index contributed by atoms with van der Waals surface area (Å²) in [5, 5.41) is 3.74. The summed E-state index contributed by atoms with van der Waals surface area (Å²) in [5.41, 5.74) is 8.03. The number of aromatic nitrogens is 1. The number of nitrogens with zero attached hydrogens (tertiary/aromatic N) is 2. The van der Waals surface area contributed by atoms with Crippen LogP contribution in [0.3, 0.4) is 0 Å². The van der Waals surface area contributed by atoms with Crippen LogP contribution in [0.15, 0.2) is 53.4 Å². The molecule has 1 aliphatic rings. The molecule has 1 aromatic heterocycles. The highest BCUT2D eigenvalue weighted by molar-refractivity contribution is 7.91. The second-order valence-corrected chi connectivity index (χ2v) is 10.7. The highest BCUT2D eigenvalue weighted by Crippen LogP contribution is 2.31. The van der Waals surface area contributed by atoms with Crippen LogP contribution in [0.4, 0.5) is 11.5 Å². The molecule has 0 aliphatic carbocycles. The van der Waals surface area contributed by atoms with Crippen LogP contribution in [-0.2, 0) is 21.2 Å². The summed E-state index contributed by atoms with van der Waals surface area (Å²) in [6.45, 7) is 9.98. The van der Waals surface area contributed by atoms with Gasteiger partial charge < -0.3 is 16.0 Å². The maximum Gasteiger partial charge on any atom is 0.243 e. The van der Waals surface area contributed by atoms with Gasteiger partial charge in [0.1, 0.15) is 5.82 Å². The van der Waals surface area contributed by atoms with Crippen molar-refractivity contribution in [2.45, 2.75) is 51.6 Å². The van der Waals surface area contributed by atoms with E-state index in [-0.39, 0.29) is 11.7 Å². The molecule has 0 spiro atoms. The maximum absolute atomic E-state index is 12.7. The zero-order valence-electron chi connectivity index (χ0n) is 19.8. The standard InChI is InChI=1S/C23H26N4O3S.C2H6/c1-15-8-9-18-17(12-15)19(26-22(28)23(2,3)24)13-21(25-18)27-10-11-31(29,30)20-7-5-4-6-16(20)14-27;1-2/h4-9,12-13H,10-11,14,24H2,1-3H3,(H,25,26,28);1-2H3. The van der Waals surface area contributed by atoms with Gasteiger partial charge in [0.05, 0.1) is 27.4 Å². The number of anilines is 2. The number of carbonyl (C=O) groups excluding carboxylic acids is 1. The second-order valence-electron chi connectivity index (χ2n) is 8.57. The number of nitrogens with two attached hydrogens (primary N) is 1. The van der Waals surface area contributed by atoms with E-state index in [1.807, 2.05) is 56.0 Å². The topological polar surface area (TPSA) is 105 Å². The molecule has 33 heavy (non-hydrogen) atoms. The molecule has 176 valence electrons. The third kappa shape index (κ3) is 5.34. The molecule has 1 amide bonds. The lowest BCUT2D eigenvalue weighted by Gasteiger charge is -2.24. The Kier molecular flexibility index (Phi) is 7.09. The number of amides is 1. The molecule has 0 atom stereocenters. The van der Waals surface area contributed by atoms with E-state index in [0.29, 0.717) is 35.0 Å². The van der Waals surface area contributed by atoms with Crippen molar-refractivity contribution in [2.24, 2.45) is 5.73 Å². The zero-order chi connectivity index (χ0) is 24.4. The number of hydrogen-bond donors (Lipinski definition) is 2. The number of sulfone groups is 1. The van der Waals surface area contributed by atoms with Crippen molar-refractivity contribution in [1.82, 2.24) is 4.98 Å². The van der Waals surface area contributed by atoms with Crippen molar-refractivity contribution >= 4 is 38.2 Å². The molecule has 8 heteroatoms. The van der Waals surface area contributed by atoms with Crippen LogP contribution in [0.2, 0.25) is 0 Å². The molecule has 3 N–H and O–H groups in total. The molecule has 0 unspecified atom stereocenters. The van der Waals surface area contributed by atoms with Gasteiger partial charge in [-0.2, -0.15) is 0 Å². The van der Waals surface area contributed by atoms with Crippen LogP contribution >= 0.6 is 0 Å². The third-order valence-electron chi connectivity index (χ3n) is 5.41. The molecule has 7 nitrogen and oxygen atoms in total. The molecule has 0 saturated carbocycles. The summed E-state index contributed by atoms with van der Waals surface area (Å²) in [4.78, 5) is 19.7. The SMILES string of the molecule is CC.Cc1ccc2nc(N3CCS(=O)(=O)c4ccccc4C3)cc(NC(=O)C(C)(C)N)c2c1. The third-order valence-corrected chi connectivity index (χ3v) is 7.20. The Morgan fingerprint density at radius 3 is 2.52 bits per heavy atom. The second kappa shape index (κ2) is 9.49. The van der Waals surface area contributed by atoms with Gasteiger partial charge in [0.15, 0.2) is 9.84 Å². The number of rotatable bonds is 3. The normalized spacial score (nSPS) is 15.2. The first kappa shape index (κ1) is 24.7. The van der Waals surface area contributed by atoms with Crippen molar-refractivity contribution in [3.63, 3.8) is 0 Å². The summed E-state index contributed by atoms with van der Waals surface area (Å²) in [6.07, 6.45) is 0. The summed E-state index contributed by atoms with van der Waals surface area (Å²) < 4.78 is 25.4. The molecule has 2 aromatic carbocycles. The van der Waals surface area contributed by atoms with Gasteiger partial charge in [-0.3, -0.25) is 4.79 Å². The van der Waals surface area contributed by atoms with E-state index in [1.54, 1.807) is 32.0 Å². The molecule has 0 fully saturated rings. The minimum atomic E-state index is -3.37. The van der Waals surface area contributed by atoms with Gasteiger partial charge in [-0.15, -0.1) is 0 Å². The minimum Gasteiger partial charge on any atom is -0.351 e. The number of fused-ring (bicyclic) bond motifs is 2. The Bertz CT molecular complexity index is 1280. The highest BCUT2D eigenvalue weighted by atomic mass is 32.2. The van der Waals surface area contributed by atoms with Crippen LogP contribution in [-0.4, -0.2) is 37.1 Å². The summed E-state index contributed by atoms with van der Waals surface area (Å²) >= 11 is 0. The van der Waals surface area contributed by atoms with E-state index >= 15 is 0 Å². The highest BCUT2D eigenvalue weighted by Gasteiger charge is 2.27. The Morgan fingerprint density at radius 2 is 1.82 bits per heavy atom. The quantitative estimate of drug-likeness (QED) is 0.601. The van der Waals surface area contributed by atoms with Crippen LogP contribution in [0.25, 0.3) is 10.9 Å². The first-order chi connectivity index (χ1) is 15.5. The van der Waals surface area contributed by atoms with Crippen LogP contribution < -0.4 is 16.0 Å². The van der Waals surface area contributed by atoms with Gasteiger partial charge in [0, 0.05) is 24.5 Å². The molecule has 0 bridgehead atoms. The van der Waals surface area contributed by atoms with E-state index < -0.39 is 15.4 Å². The Balaban J connectivity index is 0.00000149. The number of benzene rings is 2. The summed E-state index contributed by atoms with van der Waals surface area (Å²) in [5.74, 6) is 0.291. The monoisotopic (exact) mass is 468 g/mol. The molecule has 2 heterocycles. The lowest BCUT2D eigenvalue weighted by Crippen LogP contribution is -2.45. The summed E-state index contributed by atoms with van der Waals surface area (Å²) in [7, 11) is -3.37. The van der Waals surface area contributed by atoms with E-state index in [2.05, 4.69) is 5.32 Å². The zero-order valence-corrected chi connectivity index (χ0v) is 20.7. The summed E-state index contributed by atoms with van der Waals surface area (Å²) in [6, 6.07) is 14.7. The number of carbonyl (C=O) groups is 1. The van der Waals surface area contributed by atoms with Crippen molar-refractivity contribution in [1.29, 1.82) is 0 Å². The number of aryl methyl sites for hydroxylation is 1. The van der Waals surface area contributed by atoms with Gasteiger partial charge in [0.25, 0.3) is 0 Å². The van der Waals surface area contributed by atoms with Gasteiger partial charge in [-0.05, 0) is 44.5 Å². The van der Waals surface area contributed by atoms with E-state index in [9.17, 15) is 13.2 Å². The van der Waals surface area contributed by atoms with Crippen LogP contribution in [0.1, 0.15) is 38.8 Å². The molecule has 0 radical (unpaired) electrons. The first-order valence-corrected chi connectivity index (χ1v) is 12.8. The molecular formula is C25H32N4O3S. The molecule has 1 aliphatic heterocycles. The van der Waals surface area contributed by atoms with E-state index in [0.717, 1.165) is 16.5 Å². The van der Waals surface area contributed by atoms with Crippen LogP contribution in [0.5, 0.6) is 0 Å². The van der Waals surface area contributed by atoms with Crippen molar-refractivity contribution in [2.75, 3.05) is 22.5 Å². The van der Waals surface area contributed by atoms with Crippen molar-refractivity contribution in [3.05, 3.63) is 59.7 Å². The van der Waals surface area contributed by atoms with E-state index in [4.69, 9.17) is 10.7 Å². The molecule has 0 saturated heterocycles. The smallest absolute Gasteiger partial charge is 0.243 e. The first-order valence-electron chi connectivity index (χ1n) is 11.1. The fourth-order valence-electron chi connectivity index (χ4n) is 3.63. The molecular weight excluding hydrogens is 436 g/mol. The number of pyridine rings is 1. The average molecular weight is 469 g/mol. The van der Waals surface area contributed by atoms with E-state index in [1.165, 1.54) is 0 Å². The van der Waals surface area contributed by atoms with Crippen molar-refractivity contribution in [3.8, 4) is 0 Å².